The number of Topliss-reactive ketones (excluding diaryl/α,β-unsaturated/α-hetero) is 2. The molecule has 0 saturated carbocycles. The molecule has 4 N–H and O–H groups in total. The Morgan fingerprint density at radius 3 is 2.50 bits per heavy atom. The lowest BCUT2D eigenvalue weighted by Gasteiger charge is -2.48. The van der Waals surface area contributed by atoms with Gasteiger partial charge in [-0.15, -0.1) is 0 Å². The van der Waals surface area contributed by atoms with Crippen LogP contribution in [-0.4, -0.2) is 111 Å². The lowest BCUT2D eigenvalue weighted by molar-refractivity contribution is -0.291. The highest BCUT2D eigenvalue weighted by Crippen LogP contribution is 2.61. The molecule has 3 fully saturated rings. The molecule has 1 aliphatic carbocycles. The number of aliphatic hydroxyl groups is 2. The Morgan fingerprint density at radius 2 is 1.81 bits per heavy atom. The van der Waals surface area contributed by atoms with Gasteiger partial charge in [0, 0.05) is 38.1 Å². The van der Waals surface area contributed by atoms with E-state index in [-0.39, 0.29) is 46.2 Å². The molecule has 0 bridgehead atoms. The number of phenolic OH excluding ortho intramolecular Hbond substituents is 2. The van der Waals surface area contributed by atoms with E-state index in [0.717, 1.165) is 0 Å². The Kier molecular flexibility index (Phi) is 5.48. The highest BCUT2D eigenvalue weighted by Gasteiger charge is 2.86. The number of phenols is 2. The van der Waals surface area contributed by atoms with Crippen LogP contribution in [0.25, 0.3) is 10.8 Å². The average Bonchev–Trinajstić information content (AvgIpc) is 3.50. The summed E-state index contributed by atoms with van der Waals surface area (Å²) >= 11 is 0. The molecule has 3 saturated heterocycles. The Bertz CT molecular complexity index is 1630. The first-order valence-electron chi connectivity index (χ1n) is 13.3. The molecule has 4 heterocycles. The first kappa shape index (κ1) is 27.2. The third kappa shape index (κ3) is 2.98. The van der Waals surface area contributed by atoms with E-state index in [1.54, 1.807) is 0 Å². The quantitative estimate of drug-likeness (QED) is 0.348. The monoisotopic (exact) mass is 585 g/mol. The lowest BCUT2D eigenvalue weighted by Crippen LogP contribution is -2.73. The maximum atomic E-state index is 14.7. The summed E-state index contributed by atoms with van der Waals surface area (Å²) in [5.41, 5.74) is -5.54. The molecule has 14 heteroatoms. The number of aliphatic hydroxyl groups excluding tert-OH is 2. The van der Waals surface area contributed by atoms with Gasteiger partial charge in [-0.3, -0.25) is 19.2 Å². The smallest absolute Gasteiger partial charge is 0.312 e. The number of ether oxygens (including phenoxy) is 5. The molecule has 42 heavy (non-hydrogen) atoms. The van der Waals surface area contributed by atoms with Gasteiger partial charge >= 0.3 is 5.97 Å². The minimum atomic E-state index is -2.57. The van der Waals surface area contributed by atoms with Crippen LogP contribution >= 0.6 is 0 Å². The molecule has 1 amide bonds. The molecule has 0 radical (unpaired) electrons. The van der Waals surface area contributed by atoms with Crippen LogP contribution in [0.1, 0.15) is 56.4 Å². The van der Waals surface area contributed by atoms with Crippen LogP contribution in [0.15, 0.2) is 12.1 Å². The number of aromatic hydroxyl groups is 2. The third-order valence-electron chi connectivity index (χ3n) is 9.19. The number of carbonyl (C=O) groups excluding carboxylic acids is 4. The lowest BCUT2D eigenvalue weighted by atomic mass is 9.64. The molecule has 2 aromatic rings. The first-order chi connectivity index (χ1) is 19.8. The van der Waals surface area contributed by atoms with Gasteiger partial charge in [0.2, 0.25) is 23.0 Å². The predicted molar refractivity (Wildman–Crippen MR) is 136 cm³/mol. The standard InChI is InChI=1S/C28H27NO13/c1-10-21(33)15(31)6-17(40-10)42-26-9-39-27(38-3)7-16(32)41-28(26,27)24(36)20-12(23(26)35)4-11-5-14(30)19-13(18(11)22(20)34)8-29(2)25(19)37/h4-5,10,15,17,21,30-31,33-34H,6-9H2,1-3H3/t10-,15+,17-,21-,26?,27?,28?/m0/s1. The molecule has 222 valence electrons. The van der Waals surface area contributed by atoms with Crippen LogP contribution in [-0.2, 0) is 35.0 Å². The van der Waals surface area contributed by atoms with Gasteiger partial charge in [0.25, 0.3) is 11.5 Å². The van der Waals surface area contributed by atoms with E-state index in [4.69, 9.17) is 23.7 Å². The molecule has 0 aromatic heterocycles. The fourth-order valence-corrected chi connectivity index (χ4v) is 7.18. The number of fused-ring (bicyclic) bond motifs is 4. The second kappa shape index (κ2) is 8.46. The maximum Gasteiger partial charge on any atom is 0.312 e. The average molecular weight is 586 g/mol. The molecule has 1 spiro atoms. The van der Waals surface area contributed by atoms with E-state index in [0.29, 0.717) is 0 Å². The topological polar surface area (TPSA) is 199 Å². The SMILES string of the molecule is COC12CC(=O)OC13C(=O)c1c(cc4cc(O)c5c(c4c1O)CN(C)C5=O)C(=O)C3(O[C@H]1C[C@@H](O)[C@@H](O)[C@H](C)O1)CO2. The van der Waals surface area contributed by atoms with Crippen molar-refractivity contribution in [3.05, 3.63) is 34.4 Å². The van der Waals surface area contributed by atoms with Gasteiger partial charge in [-0.05, 0) is 30.0 Å². The van der Waals surface area contributed by atoms with Crippen molar-refractivity contribution in [2.45, 2.75) is 67.9 Å². The number of nitrogens with zero attached hydrogens (tertiary/aromatic N) is 1. The maximum absolute atomic E-state index is 14.7. The van der Waals surface area contributed by atoms with E-state index in [1.165, 1.54) is 38.1 Å². The van der Waals surface area contributed by atoms with Crippen molar-refractivity contribution in [1.82, 2.24) is 4.90 Å². The minimum Gasteiger partial charge on any atom is -0.507 e. The number of hydrogen-bond acceptors (Lipinski definition) is 13. The summed E-state index contributed by atoms with van der Waals surface area (Å²) in [5.74, 6) is -6.51. The number of amides is 1. The van der Waals surface area contributed by atoms with Crippen molar-refractivity contribution >= 4 is 34.2 Å². The molecule has 4 aliphatic heterocycles. The molecule has 7 atom stereocenters. The molecule has 3 unspecified atom stereocenters. The zero-order valence-electron chi connectivity index (χ0n) is 22.7. The molecular weight excluding hydrogens is 558 g/mol. The number of hydrogen-bond donors (Lipinski definition) is 4. The Hall–Kier alpha value is -3.66. The second-order valence-corrected chi connectivity index (χ2v) is 11.4. The summed E-state index contributed by atoms with van der Waals surface area (Å²) in [6.45, 7) is 0.868. The number of benzene rings is 2. The van der Waals surface area contributed by atoms with Crippen molar-refractivity contribution in [3.8, 4) is 11.5 Å². The number of methoxy groups -OCH3 is 1. The van der Waals surface area contributed by atoms with E-state index >= 15 is 0 Å². The summed E-state index contributed by atoms with van der Waals surface area (Å²) in [4.78, 5) is 56.1. The first-order valence-corrected chi connectivity index (χ1v) is 13.3. The van der Waals surface area contributed by atoms with Gasteiger partial charge in [-0.25, -0.2) is 0 Å². The summed E-state index contributed by atoms with van der Waals surface area (Å²) in [5, 5.41) is 43.1. The van der Waals surface area contributed by atoms with Crippen LogP contribution in [0, 0.1) is 0 Å². The van der Waals surface area contributed by atoms with Crippen molar-refractivity contribution in [2.75, 3.05) is 20.8 Å². The third-order valence-corrected chi connectivity index (χ3v) is 9.19. The van der Waals surface area contributed by atoms with E-state index < -0.39 is 89.4 Å². The van der Waals surface area contributed by atoms with Crippen molar-refractivity contribution < 1.29 is 63.3 Å². The van der Waals surface area contributed by atoms with Crippen molar-refractivity contribution in [1.29, 1.82) is 0 Å². The van der Waals surface area contributed by atoms with Gasteiger partial charge in [-0.2, -0.15) is 0 Å². The summed E-state index contributed by atoms with van der Waals surface area (Å²) in [6.07, 6.45) is -5.70. The molecule has 5 aliphatic rings. The van der Waals surface area contributed by atoms with Crippen LogP contribution in [0.3, 0.4) is 0 Å². The van der Waals surface area contributed by atoms with Gasteiger partial charge in [-0.1, -0.05) is 0 Å². The Morgan fingerprint density at radius 1 is 1.07 bits per heavy atom. The second-order valence-electron chi connectivity index (χ2n) is 11.4. The van der Waals surface area contributed by atoms with E-state index in [1.807, 2.05) is 0 Å². The van der Waals surface area contributed by atoms with Gasteiger partial charge < -0.3 is 49.0 Å². The molecular formula is C28H27NO13. The normalized spacial score (nSPS) is 37.1. The highest BCUT2D eigenvalue weighted by atomic mass is 16.8. The van der Waals surface area contributed by atoms with Gasteiger partial charge in [0.05, 0.1) is 29.9 Å². The van der Waals surface area contributed by atoms with Crippen LogP contribution in [0.4, 0.5) is 0 Å². The summed E-state index contributed by atoms with van der Waals surface area (Å²) < 4.78 is 29.1. The number of rotatable bonds is 3. The number of esters is 1. The minimum absolute atomic E-state index is 0.0111. The Labute approximate surface area is 237 Å². The fourth-order valence-electron chi connectivity index (χ4n) is 7.18. The predicted octanol–water partition coefficient (Wildman–Crippen LogP) is -0.114. The van der Waals surface area contributed by atoms with Gasteiger partial charge in [0.15, 0.2) is 6.29 Å². The number of ketones is 2. The van der Waals surface area contributed by atoms with Crippen LogP contribution < -0.4 is 0 Å². The molecule has 2 aromatic carbocycles. The van der Waals surface area contributed by atoms with E-state index in [2.05, 4.69) is 0 Å². The van der Waals surface area contributed by atoms with Crippen LogP contribution in [0.5, 0.6) is 11.5 Å². The molecule has 14 nitrogen and oxygen atoms in total. The fraction of sp³-hybridized carbons (Fsp3) is 0.500. The van der Waals surface area contributed by atoms with Crippen LogP contribution in [0.2, 0.25) is 0 Å². The molecule has 7 rings (SSSR count). The van der Waals surface area contributed by atoms with Crippen molar-refractivity contribution in [3.63, 3.8) is 0 Å². The zero-order chi connectivity index (χ0) is 30.1. The van der Waals surface area contributed by atoms with Crippen molar-refractivity contribution in [2.24, 2.45) is 0 Å². The highest BCUT2D eigenvalue weighted by molar-refractivity contribution is 6.28. The Balaban J connectivity index is 1.48. The van der Waals surface area contributed by atoms with E-state index in [9.17, 15) is 39.6 Å². The number of carbonyl (C=O) groups is 4. The zero-order valence-corrected chi connectivity index (χ0v) is 22.7. The summed E-state index contributed by atoms with van der Waals surface area (Å²) in [7, 11) is 2.68. The summed E-state index contributed by atoms with van der Waals surface area (Å²) in [6, 6.07) is 2.50. The van der Waals surface area contributed by atoms with Gasteiger partial charge in [0.1, 0.15) is 24.0 Å². The largest absolute Gasteiger partial charge is 0.507 e.